The third-order valence-electron chi connectivity index (χ3n) is 2.72. The van der Waals surface area contributed by atoms with Crippen molar-refractivity contribution in [2.45, 2.75) is 13.0 Å². The molecule has 0 saturated carbocycles. The lowest BCUT2D eigenvalue weighted by molar-refractivity contribution is 0.269. The van der Waals surface area contributed by atoms with Crippen LogP contribution in [-0.2, 0) is 0 Å². The summed E-state index contributed by atoms with van der Waals surface area (Å²) in [6.07, 6.45) is 4.92. The van der Waals surface area contributed by atoms with Crippen molar-refractivity contribution >= 4 is 11.9 Å². The Labute approximate surface area is 110 Å². The smallest absolute Gasteiger partial charge is 0.243 e. The number of nitrogen functional groups attached to an aromatic ring is 1. The van der Waals surface area contributed by atoms with E-state index in [1.807, 2.05) is 6.92 Å². The zero-order chi connectivity index (χ0) is 13.8. The molecule has 0 aliphatic rings. The van der Waals surface area contributed by atoms with Crippen molar-refractivity contribution in [2.75, 3.05) is 24.0 Å². The zero-order valence-corrected chi connectivity index (χ0v) is 10.7. The number of likely N-dealkylation sites (N-methyl/N-ethyl adjacent to an activating group) is 1. The number of rotatable bonds is 5. The van der Waals surface area contributed by atoms with Gasteiger partial charge in [0.05, 0.1) is 12.6 Å². The van der Waals surface area contributed by atoms with Crippen molar-refractivity contribution in [3.63, 3.8) is 0 Å². The van der Waals surface area contributed by atoms with Gasteiger partial charge in [-0.05, 0) is 6.92 Å². The number of aliphatic hydroxyl groups is 1. The van der Waals surface area contributed by atoms with Crippen molar-refractivity contribution in [2.24, 2.45) is 5.84 Å². The highest BCUT2D eigenvalue weighted by Crippen LogP contribution is 2.13. The van der Waals surface area contributed by atoms with Crippen molar-refractivity contribution in [3.8, 4) is 5.95 Å². The number of nitrogens with zero attached hydrogens (tertiary/aromatic N) is 6. The molecule has 1 atom stereocenters. The predicted octanol–water partition coefficient (Wildman–Crippen LogP) is -0.840. The summed E-state index contributed by atoms with van der Waals surface area (Å²) in [5, 5.41) is 9.18. The summed E-state index contributed by atoms with van der Waals surface area (Å²) < 4.78 is 1.64. The van der Waals surface area contributed by atoms with Crippen LogP contribution in [0.15, 0.2) is 18.7 Å². The van der Waals surface area contributed by atoms with Crippen LogP contribution in [0.25, 0.3) is 5.95 Å². The maximum absolute atomic E-state index is 9.18. The number of nitrogens with one attached hydrogen (secondary N) is 1. The fourth-order valence-electron chi connectivity index (χ4n) is 1.39. The summed E-state index contributed by atoms with van der Waals surface area (Å²) in [5.74, 6) is 6.40. The molecule has 0 aliphatic carbocycles. The maximum atomic E-state index is 9.18. The summed E-state index contributed by atoms with van der Waals surface area (Å²) in [6.45, 7) is 1.85. The van der Waals surface area contributed by atoms with Gasteiger partial charge in [0.15, 0.2) is 0 Å². The monoisotopic (exact) mass is 264 g/mol. The number of aromatic nitrogens is 5. The summed E-state index contributed by atoms with van der Waals surface area (Å²) in [6, 6.07) is -0.122. The van der Waals surface area contributed by atoms with E-state index in [1.165, 1.54) is 0 Å². The Morgan fingerprint density at radius 1 is 1.47 bits per heavy atom. The molecule has 102 valence electrons. The molecule has 0 aromatic carbocycles. The lowest BCUT2D eigenvalue weighted by atomic mass is 10.3. The minimum atomic E-state index is -0.122. The van der Waals surface area contributed by atoms with E-state index in [1.54, 1.807) is 35.2 Å². The Balaban J connectivity index is 2.42. The molecule has 2 aromatic heterocycles. The highest BCUT2D eigenvalue weighted by molar-refractivity contribution is 5.39. The molecule has 0 radical (unpaired) electrons. The van der Waals surface area contributed by atoms with Gasteiger partial charge >= 0.3 is 0 Å². The molecular formula is C10H16N8O. The van der Waals surface area contributed by atoms with E-state index in [4.69, 9.17) is 5.84 Å². The molecule has 0 saturated heterocycles. The number of hydrogen-bond donors (Lipinski definition) is 3. The summed E-state index contributed by atoms with van der Waals surface area (Å²) in [5.41, 5.74) is 2.40. The van der Waals surface area contributed by atoms with Crippen LogP contribution in [0.5, 0.6) is 0 Å². The quantitative estimate of drug-likeness (QED) is 0.472. The molecule has 4 N–H and O–H groups in total. The number of anilines is 2. The van der Waals surface area contributed by atoms with E-state index in [9.17, 15) is 5.11 Å². The van der Waals surface area contributed by atoms with Crippen LogP contribution in [0.2, 0.25) is 0 Å². The van der Waals surface area contributed by atoms with E-state index >= 15 is 0 Å². The summed E-state index contributed by atoms with van der Waals surface area (Å²) in [7, 11) is 1.79. The number of aliphatic hydroxyl groups excluding tert-OH is 1. The SMILES string of the molecule is CC(CO)N(C)c1nc(NN)nc(-n2ccnc2)n1. The lowest BCUT2D eigenvalue weighted by Crippen LogP contribution is -2.34. The first-order valence-corrected chi connectivity index (χ1v) is 5.70. The molecule has 9 nitrogen and oxygen atoms in total. The van der Waals surface area contributed by atoms with Gasteiger partial charge in [-0.25, -0.2) is 10.8 Å². The van der Waals surface area contributed by atoms with Gasteiger partial charge < -0.3 is 10.0 Å². The van der Waals surface area contributed by atoms with E-state index in [0.29, 0.717) is 11.9 Å². The Morgan fingerprint density at radius 2 is 2.26 bits per heavy atom. The van der Waals surface area contributed by atoms with Crippen LogP contribution in [0.4, 0.5) is 11.9 Å². The third-order valence-corrected chi connectivity index (χ3v) is 2.72. The van der Waals surface area contributed by atoms with Crippen LogP contribution in [0, 0.1) is 0 Å². The number of hydrazine groups is 1. The Bertz CT molecular complexity index is 528. The van der Waals surface area contributed by atoms with Crippen LogP contribution in [-0.4, -0.2) is 49.3 Å². The molecule has 2 heterocycles. The first kappa shape index (κ1) is 13.2. The van der Waals surface area contributed by atoms with E-state index < -0.39 is 0 Å². The van der Waals surface area contributed by atoms with Gasteiger partial charge in [0.1, 0.15) is 6.33 Å². The minimum Gasteiger partial charge on any atom is -0.394 e. The van der Waals surface area contributed by atoms with Crippen LogP contribution in [0.1, 0.15) is 6.92 Å². The normalized spacial score (nSPS) is 12.2. The molecule has 0 aliphatic heterocycles. The van der Waals surface area contributed by atoms with E-state index in [0.717, 1.165) is 0 Å². The van der Waals surface area contributed by atoms with Crippen molar-refractivity contribution in [1.82, 2.24) is 24.5 Å². The molecule has 9 heteroatoms. The van der Waals surface area contributed by atoms with Crippen molar-refractivity contribution in [1.29, 1.82) is 0 Å². The minimum absolute atomic E-state index is 0.00597. The average Bonchev–Trinajstić information content (AvgIpc) is 2.99. The molecule has 0 fully saturated rings. The zero-order valence-electron chi connectivity index (χ0n) is 10.7. The molecule has 19 heavy (non-hydrogen) atoms. The molecule has 0 amide bonds. The van der Waals surface area contributed by atoms with Crippen LogP contribution < -0.4 is 16.2 Å². The summed E-state index contributed by atoms with van der Waals surface area (Å²) >= 11 is 0. The standard InChI is InChI=1S/C10H16N8O/c1-7(5-19)17(2)9-13-8(16-11)14-10(15-9)18-4-3-12-6-18/h3-4,6-7,19H,5,11H2,1-2H3,(H,13,14,15,16). The van der Waals surface area contributed by atoms with E-state index in [2.05, 4.69) is 25.4 Å². The largest absolute Gasteiger partial charge is 0.394 e. The highest BCUT2D eigenvalue weighted by atomic mass is 16.3. The predicted molar refractivity (Wildman–Crippen MR) is 69.7 cm³/mol. The molecule has 0 spiro atoms. The molecule has 2 rings (SSSR count). The maximum Gasteiger partial charge on any atom is 0.243 e. The topological polar surface area (TPSA) is 118 Å². The van der Waals surface area contributed by atoms with Crippen molar-refractivity contribution < 1.29 is 5.11 Å². The third kappa shape index (κ3) is 2.77. The number of nitrogens with two attached hydrogens (primary N) is 1. The van der Waals surface area contributed by atoms with Gasteiger partial charge in [0.25, 0.3) is 0 Å². The van der Waals surface area contributed by atoms with Gasteiger partial charge in [-0.3, -0.25) is 9.99 Å². The Morgan fingerprint density at radius 3 is 2.84 bits per heavy atom. The average molecular weight is 264 g/mol. The van der Waals surface area contributed by atoms with Gasteiger partial charge in [-0.15, -0.1) is 0 Å². The first-order chi connectivity index (χ1) is 9.15. The molecule has 2 aromatic rings. The second-order valence-corrected chi connectivity index (χ2v) is 4.02. The molecule has 1 unspecified atom stereocenters. The fraction of sp³-hybridized carbons (Fsp3) is 0.400. The second-order valence-electron chi connectivity index (χ2n) is 4.02. The summed E-state index contributed by atoms with van der Waals surface area (Å²) in [4.78, 5) is 18.3. The Hall–Kier alpha value is -2.26. The Kier molecular flexibility index (Phi) is 3.88. The second kappa shape index (κ2) is 5.59. The number of imidazole rings is 1. The number of hydrogen-bond acceptors (Lipinski definition) is 8. The lowest BCUT2D eigenvalue weighted by Gasteiger charge is -2.23. The fourth-order valence-corrected chi connectivity index (χ4v) is 1.39. The van der Waals surface area contributed by atoms with Gasteiger partial charge in [-0.1, -0.05) is 0 Å². The highest BCUT2D eigenvalue weighted by Gasteiger charge is 2.15. The van der Waals surface area contributed by atoms with Gasteiger partial charge in [-0.2, -0.15) is 15.0 Å². The van der Waals surface area contributed by atoms with Crippen LogP contribution >= 0.6 is 0 Å². The van der Waals surface area contributed by atoms with Crippen LogP contribution in [0.3, 0.4) is 0 Å². The van der Waals surface area contributed by atoms with Crippen molar-refractivity contribution in [3.05, 3.63) is 18.7 Å². The van der Waals surface area contributed by atoms with Gasteiger partial charge in [0, 0.05) is 19.4 Å². The van der Waals surface area contributed by atoms with Gasteiger partial charge in [0.2, 0.25) is 17.8 Å². The molecular weight excluding hydrogens is 248 g/mol. The first-order valence-electron chi connectivity index (χ1n) is 5.70. The molecule has 0 bridgehead atoms. The van der Waals surface area contributed by atoms with E-state index in [-0.39, 0.29) is 18.6 Å².